The van der Waals surface area contributed by atoms with Gasteiger partial charge in [-0.1, -0.05) is 24.3 Å². The molecule has 4 aromatic carbocycles. The van der Waals surface area contributed by atoms with Crippen molar-refractivity contribution in [1.29, 1.82) is 0 Å². The molecule has 48 heavy (non-hydrogen) atoms. The molecule has 0 spiro atoms. The molecule has 2 aliphatic heterocycles. The molecule has 0 bridgehead atoms. The van der Waals surface area contributed by atoms with Crippen molar-refractivity contribution in [3.05, 3.63) is 96.3 Å². The fraction of sp³-hybridized carbons (Fsp3) is 0.222. The SMILES string of the molecule is FC(F)(F)c1cc2cc(-c3ccc4c(c3)Oc3cc(-c5ccc6[nH]c(C(F)(F)F)cc6c5)ccc3N4CCN3CCOCC3)ccc2[nH]1. The van der Waals surface area contributed by atoms with E-state index in [1.165, 1.54) is 0 Å². The number of aromatic nitrogens is 2. The van der Waals surface area contributed by atoms with Crippen LogP contribution in [0.1, 0.15) is 11.4 Å². The van der Waals surface area contributed by atoms with E-state index in [0.29, 0.717) is 53.1 Å². The van der Waals surface area contributed by atoms with Gasteiger partial charge in [0.25, 0.3) is 0 Å². The Hall–Kier alpha value is -4.94. The molecule has 246 valence electrons. The van der Waals surface area contributed by atoms with Crippen molar-refractivity contribution in [3.63, 3.8) is 0 Å². The second-order valence-electron chi connectivity index (χ2n) is 12.0. The van der Waals surface area contributed by atoms with Crippen LogP contribution in [0.3, 0.4) is 0 Å². The zero-order valence-corrected chi connectivity index (χ0v) is 25.3. The number of fused-ring (bicyclic) bond motifs is 4. The number of anilines is 2. The van der Waals surface area contributed by atoms with Gasteiger partial charge in [-0.15, -0.1) is 0 Å². The van der Waals surface area contributed by atoms with Crippen LogP contribution in [0, 0.1) is 0 Å². The lowest BCUT2D eigenvalue weighted by molar-refractivity contribution is -0.141. The van der Waals surface area contributed by atoms with Gasteiger partial charge in [0.05, 0.1) is 24.6 Å². The average Bonchev–Trinajstić information content (AvgIpc) is 3.71. The summed E-state index contributed by atoms with van der Waals surface area (Å²) in [5, 5.41) is 0.893. The van der Waals surface area contributed by atoms with Gasteiger partial charge in [0.2, 0.25) is 0 Å². The van der Waals surface area contributed by atoms with Gasteiger partial charge in [0.1, 0.15) is 11.4 Å². The Bertz CT molecular complexity index is 2020. The fourth-order valence-corrected chi connectivity index (χ4v) is 6.48. The van der Waals surface area contributed by atoms with E-state index < -0.39 is 23.7 Å². The van der Waals surface area contributed by atoms with E-state index in [2.05, 4.69) is 19.8 Å². The van der Waals surface area contributed by atoms with Crippen LogP contribution in [0.25, 0.3) is 44.1 Å². The number of H-pyrrole nitrogens is 2. The van der Waals surface area contributed by atoms with Gasteiger partial charge in [-0.2, -0.15) is 26.3 Å². The van der Waals surface area contributed by atoms with Crippen LogP contribution in [-0.2, 0) is 17.1 Å². The van der Waals surface area contributed by atoms with Crippen molar-refractivity contribution in [3.8, 4) is 33.8 Å². The van der Waals surface area contributed by atoms with E-state index in [1.807, 2.05) is 36.4 Å². The van der Waals surface area contributed by atoms with E-state index >= 15 is 0 Å². The Kier molecular flexibility index (Phi) is 7.18. The molecule has 4 heterocycles. The molecule has 1 saturated heterocycles. The van der Waals surface area contributed by atoms with E-state index in [4.69, 9.17) is 9.47 Å². The Morgan fingerprint density at radius 2 is 1.02 bits per heavy atom. The first-order valence-corrected chi connectivity index (χ1v) is 15.4. The van der Waals surface area contributed by atoms with Crippen molar-refractivity contribution in [1.82, 2.24) is 14.9 Å². The molecule has 8 rings (SSSR count). The number of alkyl halides is 6. The van der Waals surface area contributed by atoms with Gasteiger partial charge in [-0.05, 0) is 82.9 Å². The quantitative estimate of drug-likeness (QED) is 0.181. The molecule has 0 atom stereocenters. The van der Waals surface area contributed by atoms with Gasteiger partial charge >= 0.3 is 12.4 Å². The maximum absolute atomic E-state index is 13.3. The number of morpholine rings is 1. The summed E-state index contributed by atoms with van der Waals surface area (Å²) < 4.78 is 92.0. The number of hydrogen-bond donors (Lipinski definition) is 2. The largest absolute Gasteiger partial charge is 0.453 e. The highest BCUT2D eigenvalue weighted by Gasteiger charge is 2.33. The van der Waals surface area contributed by atoms with E-state index in [9.17, 15) is 26.3 Å². The third-order valence-electron chi connectivity index (χ3n) is 8.98. The van der Waals surface area contributed by atoms with Crippen molar-refractivity contribution in [2.24, 2.45) is 0 Å². The number of rotatable bonds is 5. The zero-order valence-electron chi connectivity index (χ0n) is 25.3. The first-order valence-electron chi connectivity index (χ1n) is 15.4. The van der Waals surface area contributed by atoms with Gasteiger partial charge in [-0.25, -0.2) is 0 Å². The van der Waals surface area contributed by atoms with E-state index in [1.54, 1.807) is 36.4 Å². The normalized spacial score (nSPS) is 15.5. The second kappa shape index (κ2) is 11.3. The summed E-state index contributed by atoms with van der Waals surface area (Å²) >= 11 is 0. The number of halogens is 6. The molecule has 2 aliphatic rings. The highest BCUT2D eigenvalue weighted by Crippen LogP contribution is 2.49. The van der Waals surface area contributed by atoms with Gasteiger partial charge < -0.3 is 24.3 Å². The monoisotopic (exact) mass is 662 g/mol. The predicted octanol–water partition coefficient (Wildman–Crippen LogP) is 9.60. The molecule has 2 N–H and O–H groups in total. The van der Waals surface area contributed by atoms with Crippen molar-refractivity contribution < 1.29 is 35.8 Å². The third-order valence-corrected chi connectivity index (χ3v) is 8.98. The Morgan fingerprint density at radius 1 is 0.562 bits per heavy atom. The van der Waals surface area contributed by atoms with Crippen molar-refractivity contribution in [2.45, 2.75) is 12.4 Å². The number of hydrogen-bond acceptors (Lipinski definition) is 4. The lowest BCUT2D eigenvalue weighted by atomic mass is 10.0. The number of ether oxygens (including phenoxy) is 2. The number of nitrogens with one attached hydrogen (secondary N) is 2. The number of nitrogens with zero attached hydrogens (tertiary/aromatic N) is 2. The zero-order chi connectivity index (χ0) is 33.2. The topological polar surface area (TPSA) is 56.5 Å². The summed E-state index contributed by atoms with van der Waals surface area (Å²) in [6, 6.07) is 24.0. The molecule has 1 fully saturated rings. The molecule has 0 saturated carbocycles. The summed E-state index contributed by atoms with van der Waals surface area (Å²) in [7, 11) is 0. The minimum Gasteiger partial charge on any atom is -0.453 e. The third kappa shape index (κ3) is 5.64. The molecular formula is C36H28F6N4O2. The standard InChI is InChI=1S/C36H28F6N4O2/c37-35(38,39)33-19-25-15-21(1-5-27(25)43-33)23-3-7-29-31(17-23)48-32-18-24(4-8-30(32)46(29)10-9-45-11-13-47-14-12-45)22-2-6-28-26(16-22)20-34(44-28)36(40,41)42/h1-8,15-20,43-44H,9-14H2. The molecule has 0 unspecified atom stereocenters. The van der Waals surface area contributed by atoms with Crippen LogP contribution in [0.4, 0.5) is 37.7 Å². The predicted molar refractivity (Wildman–Crippen MR) is 172 cm³/mol. The maximum Gasteiger partial charge on any atom is 0.431 e. The van der Waals surface area contributed by atoms with Crippen molar-refractivity contribution in [2.75, 3.05) is 44.3 Å². The first kappa shape index (κ1) is 30.4. The van der Waals surface area contributed by atoms with Crippen LogP contribution in [0.5, 0.6) is 11.5 Å². The lowest BCUT2D eigenvalue weighted by Crippen LogP contribution is -2.41. The Balaban J connectivity index is 1.16. The molecule has 0 amide bonds. The smallest absolute Gasteiger partial charge is 0.431 e. The average molecular weight is 663 g/mol. The van der Waals surface area contributed by atoms with Crippen molar-refractivity contribution >= 4 is 33.2 Å². The minimum atomic E-state index is -4.48. The minimum absolute atomic E-state index is 0.392. The Morgan fingerprint density at radius 3 is 1.50 bits per heavy atom. The molecule has 12 heteroatoms. The van der Waals surface area contributed by atoms with Gasteiger partial charge in [-0.3, -0.25) is 4.90 Å². The van der Waals surface area contributed by atoms with E-state index in [0.717, 1.165) is 65.4 Å². The molecule has 0 radical (unpaired) electrons. The van der Waals surface area contributed by atoms with Crippen LogP contribution in [-0.4, -0.2) is 54.3 Å². The molecule has 0 aliphatic carbocycles. The highest BCUT2D eigenvalue weighted by molar-refractivity contribution is 5.90. The first-order chi connectivity index (χ1) is 23.0. The van der Waals surface area contributed by atoms with Crippen LogP contribution in [0.15, 0.2) is 84.9 Å². The van der Waals surface area contributed by atoms with Crippen LogP contribution < -0.4 is 9.64 Å². The number of aromatic amines is 2. The summed E-state index contributed by atoms with van der Waals surface area (Å²) in [5.74, 6) is 1.17. The lowest BCUT2D eigenvalue weighted by Gasteiger charge is -2.35. The molecule has 2 aromatic heterocycles. The van der Waals surface area contributed by atoms with Gasteiger partial charge in [0.15, 0.2) is 11.5 Å². The summed E-state index contributed by atoms with van der Waals surface area (Å²) in [6.45, 7) is 4.45. The number of benzene rings is 4. The molecule has 6 aromatic rings. The Labute approximate surface area is 270 Å². The van der Waals surface area contributed by atoms with Crippen LogP contribution >= 0.6 is 0 Å². The van der Waals surface area contributed by atoms with Gasteiger partial charge in [0, 0.05) is 48.0 Å². The summed E-state index contributed by atoms with van der Waals surface area (Å²) in [6.07, 6.45) is -8.95. The fourth-order valence-electron chi connectivity index (χ4n) is 6.48. The molecule has 6 nitrogen and oxygen atoms in total. The summed E-state index contributed by atoms with van der Waals surface area (Å²) in [4.78, 5) is 9.40. The molecular weight excluding hydrogens is 634 g/mol. The second-order valence-corrected chi connectivity index (χ2v) is 12.0. The van der Waals surface area contributed by atoms with E-state index in [-0.39, 0.29) is 0 Å². The maximum atomic E-state index is 13.3. The van der Waals surface area contributed by atoms with Crippen LogP contribution in [0.2, 0.25) is 0 Å². The highest BCUT2D eigenvalue weighted by atomic mass is 19.4. The summed E-state index contributed by atoms with van der Waals surface area (Å²) in [5.41, 5.74) is 3.90.